The van der Waals surface area contributed by atoms with Crippen molar-refractivity contribution in [3.63, 3.8) is 0 Å². The Morgan fingerprint density at radius 3 is 2.63 bits per heavy atom. The predicted molar refractivity (Wildman–Crippen MR) is 104 cm³/mol. The molecule has 144 valence electrons. The highest BCUT2D eigenvalue weighted by atomic mass is 16.6. The number of amides is 1. The lowest BCUT2D eigenvalue weighted by Gasteiger charge is -2.30. The third-order valence-corrected chi connectivity index (χ3v) is 4.35. The monoisotopic (exact) mass is 371 g/mol. The number of carbonyl (C=O) groups excluding carboxylic acids is 1. The fourth-order valence-electron chi connectivity index (χ4n) is 3.11. The molecule has 0 aliphatic carbocycles. The molecule has 0 unspecified atom stereocenters. The molecule has 0 bridgehead atoms. The van der Waals surface area contributed by atoms with Gasteiger partial charge in [-0.05, 0) is 45.8 Å². The van der Waals surface area contributed by atoms with Crippen molar-refractivity contribution in [2.24, 2.45) is 0 Å². The minimum Gasteiger partial charge on any atom is -0.496 e. The first kappa shape index (κ1) is 18.9. The lowest BCUT2D eigenvalue weighted by molar-refractivity contribution is 0.0270. The van der Waals surface area contributed by atoms with Crippen molar-refractivity contribution in [3.05, 3.63) is 40.0 Å². The number of aromatic nitrogens is 2. The second-order valence-electron chi connectivity index (χ2n) is 7.63. The Bertz CT molecular complexity index is 970. The van der Waals surface area contributed by atoms with Crippen LogP contribution in [0.2, 0.25) is 0 Å². The highest BCUT2D eigenvalue weighted by Gasteiger charge is 2.25. The van der Waals surface area contributed by atoms with Crippen LogP contribution in [-0.4, -0.2) is 46.8 Å². The van der Waals surface area contributed by atoms with E-state index < -0.39 is 5.60 Å². The summed E-state index contributed by atoms with van der Waals surface area (Å²) in [4.78, 5) is 33.3. The number of nitrogens with zero attached hydrogens (tertiary/aromatic N) is 2. The lowest BCUT2D eigenvalue weighted by atomic mass is 9.97. The molecule has 2 heterocycles. The molecule has 7 nitrogen and oxygen atoms in total. The summed E-state index contributed by atoms with van der Waals surface area (Å²) >= 11 is 0. The van der Waals surface area contributed by atoms with Crippen LogP contribution < -0.4 is 10.3 Å². The molecule has 0 saturated carbocycles. The van der Waals surface area contributed by atoms with E-state index in [1.165, 1.54) is 0 Å². The summed E-state index contributed by atoms with van der Waals surface area (Å²) in [6.07, 6.45) is 2.31. The quantitative estimate of drug-likeness (QED) is 0.876. The van der Waals surface area contributed by atoms with E-state index in [0.717, 1.165) is 11.1 Å². The molecule has 0 fully saturated rings. The molecular weight excluding hydrogens is 346 g/mol. The first-order valence-electron chi connectivity index (χ1n) is 8.94. The van der Waals surface area contributed by atoms with Crippen molar-refractivity contribution >= 4 is 22.6 Å². The average molecular weight is 371 g/mol. The summed E-state index contributed by atoms with van der Waals surface area (Å²) < 4.78 is 11.0. The van der Waals surface area contributed by atoms with Crippen molar-refractivity contribution in [3.8, 4) is 5.75 Å². The molecule has 0 atom stereocenters. The molecule has 1 amide bonds. The Morgan fingerprint density at radius 2 is 2.04 bits per heavy atom. The fraction of sp³-hybridized carbons (Fsp3) is 0.450. The van der Waals surface area contributed by atoms with E-state index in [2.05, 4.69) is 9.97 Å². The number of fused-ring (bicyclic) bond motifs is 1. The zero-order valence-corrected chi connectivity index (χ0v) is 16.4. The fourth-order valence-corrected chi connectivity index (χ4v) is 3.11. The molecule has 3 rings (SSSR count). The van der Waals surface area contributed by atoms with Crippen molar-refractivity contribution < 1.29 is 14.3 Å². The van der Waals surface area contributed by atoms with Gasteiger partial charge in [0, 0.05) is 24.7 Å². The number of H-pyrrole nitrogens is 1. The van der Waals surface area contributed by atoms with Gasteiger partial charge in [0.15, 0.2) is 0 Å². The highest BCUT2D eigenvalue weighted by Crippen LogP contribution is 2.33. The van der Waals surface area contributed by atoms with E-state index in [0.29, 0.717) is 42.0 Å². The Labute approximate surface area is 158 Å². The van der Waals surface area contributed by atoms with Gasteiger partial charge in [-0.1, -0.05) is 6.08 Å². The van der Waals surface area contributed by atoms with Crippen LogP contribution in [-0.2, 0) is 4.74 Å². The number of aromatic amines is 1. The van der Waals surface area contributed by atoms with Gasteiger partial charge in [-0.2, -0.15) is 0 Å². The highest BCUT2D eigenvalue weighted by molar-refractivity contribution is 5.86. The molecule has 7 heteroatoms. The number of methoxy groups -OCH3 is 1. The van der Waals surface area contributed by atoms with Crippen LogP contribution in [0.15, 0.2) is 23.0 Å². The molecule has 0 radical (unpaired) electrons. The van der Waals surface area contributed by atoms with Gasteiger partial charge in [-0.3, -0.25) is 4.79 Å². The Hall–Kier alpha value is -2.83. The summed E-state index contributed by atoms with van der Waals surface area (Å²) in [6, 6.07) is 3.60. The van der Waals surface area contributed by atoms with Crippen LogP contribution in [0, 0.1) is 6.92 Å². The predicted octanol–water partition coefficient (Wildman–Crippen LogP) is 3.26. The second-order valence-corrected chi connectivity index (χ2v) is 7.63. The summed E-state index contributed by atoms with van der Waals surface area (Å²) in [6.45, 7) is 8.30. The number of rotatable bonds is 2. The molecule has 27 heavy (non-hydrogen) atoms. The van der Waals surface area contributed by atoms with E-state index in [1.807, 2.05) is 32.9 Å². The number of aryl methyl sites for hydroxylation is 1. The molecule has 1 aromatic carbocycles. The van der Waals surface area contributed by atoms with Crippen molar-refractivity contribution in [2.45, 2.75) is 39.7 Å². The van der Waals surface area contributed by atoms with Gasteiger partial charge in [0.25, 0.3) is 5.56 Å². The van der Waals surface area contributed by atoms with Crippen LogP contribution in [0.1, 0.15) is 38.6 Å². The number of ether oxygens (including phenoxy) is 2. The van der Waals surface area contributed by atoms with E-state index in [-0.39, 0.29) is 11.7 Å². The van der Waals surface area contributed by atoms with Crippen LogP contribution in [0.4, 0.5) is 4.79 Å². The number of hydrogen-bond donors (Lipinski definition) is 1. The zero-order valence-electron chi connectivity index (χ0n) is 16.4. The van der Waals surface area contributed by atoms with Gasteiger partial charge in [0.2, 0.25) is 0 Å². The van der Waals surface area contributed by atoms with Crippen LogP contribution in [0.5, 0.6) is 5.75 Å². The minimum absolute atomic E-state index is 0.173. The number of benzene rings is 1. The van der Waals surface area contributed by atoms with Crippen LogP contribution >= 0.6 is 0 Å². The normalized spacial score (nSPS) is 14.9. The number of carbonyl (C=O) groups is 1. The van der Waals surface area contributed by atoms with Crippen LogP contribution in [0.25, 0.3) is 16.5 Å². The topological polar surface area (TPSA) is 84.5 Å². The molecular formula is C20H25N3O4. The van der Waals surface area contributed by atoms with Gasteiger partial charge < -0.3 is 19.4 Å². The summed E-state index contributed by atoms with van der Waals surface area (Å²) in [5.41, 5.74) is 1.80. The first-order chi connectivity index (χ1) is 12.7. The Morgan fingerprint density at radius 1 is 1.30 bits per heavy atom. The summed E-state index contributed by atoms with van der Waals surface area (Å²) in [5.74, 6) is 1.23. The molecule has 0 saturated heterocycles. The van der Waals surface area contributed by atoms with Gasteiger partial charge in [-0.25, -0.2) is 9.78 Å². The van der Waals surface area contributed by atoms with Crippen molar-refractivity contribution in [2.75, 3.05) is 20.2 Å². The largest absolute Gasteiger partial charge is 0.496 e. The van der Waals surface area contributed by atoms with Gasteiger partial charge >= 0.3 is 6.09 Å². The molecule has 0 spiro atoms. The third kappa shape index (κ3) is 4.13. The Kier molecular flexibility index (Phi) is 4.95. The van der Waals surface area contributed by atoms with E-state index in [9.17, 15) is 9.59 Å². The van der Waals surface area contributed by atoms with Crippen LogP contribution in [0.3, 0.4) is 0 Å². The maximum absolute atomic E-state index is 12.3. The first-order valence-corrected chi connectivity index (χ1v) is 8.94. The minimum atomic E-state index is -0.519. The lowest BCUT2D eigenvalue weighted by Crippen LogP contribution is -2.39. The van der Waals surface area contributed by atoms with Crippen molar-refractivity contribution in [1.82, 2.24) is 14.9 Å². The smallest absolute Gasteiger partial charge is 0.410 e. The van der Waals surface area contributed by atoms with Crippen molar-refractivity contribution in [1.29, 1.82) is 0 Å². The molecule has 1 aliphatic heterocycles. The maximum atomic E-state index is 12.3. The summed E-state index contributed by atoms with van der Waals surface area (Å²) in [7, 11) is 1.60. The molecule has 1 aliphatic rings. The van der Waals surface area contributed by atoms with E-state index >= 15 is 0 Å². The van der Waals surface area contributed by atoms with Gasteiger partial charge in [0.1, 0.15) is 17.2 Å². The van der Waals surface area contributed by atoms with E-state index in [4.69, 9.17) is 9.47 Å². The number of nitrogens with one attached hydrogen (secondary N) is 1. The molecule has 1 N–H and O–H groups in total. The van der Waals surface area contributed by atoms with E-state index in [1.54, 1.807) is 25.0 Å². The second kappa shape index (κ2) is 7.06. The zero-order chi connectivity index (χ0) is 19.8. The van der Waals surface area contributed by atoms with Gasteiger partial charge in [-0.15, -0.1) is 0 Å². The SMILES string of the molecule is COc1cc2nc(C)[nH]c(=O)c2cc1C1=CCN(C(=O)OC(C)(C)C)CC1. The van der Waals surface area contributed by atoms with Gasteiger partial charge in [0.05, 0.1) is 18.0 Å². The molecule has 2 aromatic rings. The number of hydrogen-bond acceptors (Lipinski definition) is 5. The third-order valence-electron chi connectivity index (χ3n) is 4.35. The Balaban J connectivity index is 1.92. The maximum Gasteiger partial charge on any atom is 0.410 e. The molecule has 1 aromatic heterocycles. The summed E-state index contributed by atoms with van der Waals surface area (Å²) in [5, 5.41) is 0.520. The standard InChI is InChI=1S/C20H25N3O4/c1-12-21-16-11-17(26-5)14(10-15(16)18(24)22-12)13-6-8-23(9-7-13)19(25)27-20(2,3)4/h6,10-11H,7-9H2,1-5H3,(H,21,22,24). The average Bonchev–Trinajstić information content (AvgIpc) is 2.59.